The van der Waals surface area contributed by atoms with Crippen molar-refractivity contribution < 1.29 is 9.90 Å². The Hall–Kier alpha value is -3.37. The Morgan fingerprint density at radius 1 is 1.26 bits per heavy atom. The Morgan fingerprint density at radius 2 is 2.09 bits per heavy atom. The van der Waals surface area contributed by atoms with Gasteiger partial charge in [0, 0.05) is 31.6 Å². The van der Waals surface area contributed by atoms with Gasteiger partial charge in [0.15, 0.2) is 5.82 Å². The van der Waals surface area contributed by atoms with Gasteiger partial charge in [0.05, 0.1) is 30.5 Å². The van der Waals surface area contributed by atoms with Gasteiger partial charge in [-0.05, 0) is 45.5 Å². The van der Waals surface area contributed by atoms with Crippen LogP contribution in [0.5, 0.6) is 0 Å². The lowest BCUT2D eigenvalue weighted by Gasteiger charge is -2.24. The second-order valence-corrected chi connectivity index (χ2v) is 9.15. The van der Waals surface area contributed by atoms with E-state index in [1.165, 1.54) is 0 Å². The number of pyridine rings is 2. The maximum atomic E-state index is 13.5. The first-order valence-corrected chi connectivity index (χ1v) is 11.7. The molecule has 2 aliphatic heterocycles. The number of nitrogens with zero attached hydrogens (tertiary/aromatic N) is 7. The molecule has 0 aromatic carbocycles. The molecular weight excluding hydrogens is 432 g/mol. The van der Waals surface area contributed by atoms with Gasteiger partial charge in [-0.3, -0.25) is 9.69 Å². The fourth-order valence-corrected chi connectivity index (χ4v) is 4.64. The number of aliphatic hydroxyl groups is 1. The summed E-state index contributed by atoms with van der Waals surface area (Å²) in [5.74, 6) is 2.73. The number of aliphatic hydroxyl groups excluding tert-OH is 1. The lowest BCUT2D eigenvalue weighted by atomic mass is 10.1. The van der Waals surface area contributed by atoms with Crippen molar-refractivity contribution in [1.82, 2.24) is 30.0 Å². The number of aromatic nitrogens is 5. The smallest absolute Gasteiger partial charge is 0.260 e. The zero-order valence-electron chi connectivity index (χ0n) is 20.0. The van der Waals surface area contributed by atoms with Crippen molar-refractivity contribution in [3.63, 3.8) is 0 Å². The first-order chi connectivity index (χ1) is 16.4. The van der Waals surface area contributed by atoms with Gasteiger partial charge >= 0.3 is 0 Å². The molecule has 178 valence electrons. The van der Waals surface area contributed by atoms with Crippen LogP contribution in [0.2, 0.25) is 0 Å². The number of fused-ring (bicyclic) bond motifs is 2. The molecule has 5 rings (SSSR count). The van der Waals surface area contributed by atoms with Crippen molar-refractivity contribution in [2.75, 3.05) is 30.5 Å². The topological polar surface area (TPSA) is 112 Å². The second-order valence-electron chi connectivity index (χ2n) is 9.15. The molecule has 2 aliphatic rings. The minimum atomic E-state index is -0.0856. The molecule has 5 heterocycles. The molecule has 0 saturated carbocycles. The standard InChI is InChI=1S/C24H30N8O2/c1-14(2)30(4)22-10-16-17(19(27-22)11-25-3)12-31(24(16)34)20-7-5-6-18(26-20)23-29-28-21-9-8-15(13-33)32(21)23/h5-7,10,14-15,25,33H,8-9,11-13H2,1-4H3. The molecule has 0 aliphatic carbocycles. The third-order valence-electron chi connectivity index (χ3n) is 6.75. The van der Waals surface area contributed by atoms with E-state index in [4.69, 9.17) is 9.97 Å². The Bertz CT molecular complexity index is 1240. The summed E-state index contributed by atoms with van der Waals surface area (Å²) in [6, 6.07) is 7.68. The van der Waals surface area contributed by atoms with Gasteiger partial charge in [-0.1, -0.05) is 6.07 Å². The van der Waals surface area contributed by atoms with Crippen LogP contribution in [0.3, 0.4) is 0 Å². The van der Waals surface area contributed by atoms with Crippen molar-refractivity contribution in [3.05, 3.63) is 46.9 Å². The largest absolute Gasteiger partial charge is 0.394 e. The summed E-state index contributed by atoms with van der Waals surface area (Å²) in [5, 5.41) is 21.6. The van der Waals surface area contributed by atoms with Crippen LogP contribution in [0.1, 0.15) is 53.7 Å². The third kappa shape index (κ3) is 3.63. The van der Waals surface area contributed by atoms with Crippen molar-refractivity contribution in [3.8, 4) is 11.5 Å². The minimum absolute atomic E-state index is 0.0338. The molecule has 10 nitrogen and oxygen atoms in total. The number of amides is 1. The first-order valence-electron chi connectivity index (χ1n) is 11.7. The molecule has 10 heteroatoms. The summed E-state index contributed by atoms with van der Waals surface area (Å²) in [6.45, 7) is 5.21. The number of carbonyl (C=O) groups is 1. The highest BCUT2D eigenvalue weighted by molar-refractivity contribution is 6.10. The van der Waals surface area contributed by atoms with Crippen molar-refractivity contribution in [1.29, 1.82) is 0 Å². The van der Waals surface area contributed by atoms with Crippen molar-refractivity contribution in [2.45, 2.75) is 51.9 Å². The Morgan fingerprint density at radius 3 is 2.82 bits per heavy atom. The molecule has 0 fully saturated rings. The molecule has 0 bridgehead atoms. The van der Waals surface area contributed by atoms with Gasteiger partial charge in [0.2, 0.25) is 0 Å². The zero-order valence-corrected chi connectivity index (χ0v) is 20.0. The van der Waals surface area contributed by atoms with E-state index in [1.807, 2.05) is 42.9 Å². The summed E-state index contributed by atoms with van der Waals surface area (Å²) in [7, 11) is 3.87. The summed E-state index contributed by atoms with van der Waals surface area (Å²) >= 11 is 0. The summed E-state index contributed by atoms with van der Waals surface area (Å²) < 4.78 is 1.97. The monoisotopic (exact) mass is 462 g/mol. The second kappa shape index (κ2) is 8.77. The van der Waals surface area contributed by atoms with E-state index < -0.39 is 0 Å². The average Bonchev–Trinajstić information content (AvgIpc) is 3.53. The highest BCUT2D eigenvalue weighted by atomic mass is 16.3. The fraction of sp³-hybridized carbons (Fsp3) is 0.458. The lowest BCUT2D eigenvalue weighted by Crippen LogP contribution is -2.27. The predicted octanol–water partition coefficient (Wildman–Crippen LogP) is 1.94. The number of rotatable bonds is 7. The van der Waals surface area contributed by atoms with Gasteiger partial charge in [-0.25, -0.2) is 9.97 Å². The molecular formula is C24H30N8O2. The van der Waals surface area contributed by atoms with Crippen LogP contribution in [0.15, 0.2) is 24.3 Å². The Balaban J connectivity index is 1.51. The van der Waals surface area contributed by atoms with Crippen LogP contribution in [0.25, 0.3) is 11.5 Å². The van der Waals surface area contributed by atoms with E-state index in [9.17, 15) is 9.90 Å². The van der Waals surface area contributed by atoms with Crippen LogP contribution in [0, 0.1) is 0 Å². The molecule has 34 heavy (non-hydrogen) atoms. The third-order valence-corrected chi connectivity index (χ3v) is 6.75. The molecule has 0 radical (unpaired) electrons. The van der Waals surface area contributed by atoms with Gasteiger partial charge in [-0.15, -0.1) is 10.2 Å². The van der Waals surface area contributed by atoms with Crippen LogP contribution >= 0.6 is 0 Å². The molecule has 3 aromatic heterocycles. The number of hydrogen-bond donors (Lipinski definition) is 2. The van der Waals surface area contributed by atoms with E-state index in [0.717, 1.165) is 35.7 Å². The van der Waals surface area contributed by atoms with Gasteiger partial charge in [0.1, 0.15) is 23.2 Å². The van der Waals surface area contributed by atoms with E-state index in [-0.39, 0.29) is 24.6 Å². The van der Waals surface area contributed by atoms with E-state index >= 15 is 0 Å². The summed E-state index contributed by atoms with van der Waals surface area (Å²) in [4.78, 5) is 26.9. The molecule has 0 saturated heterocycles. The van der Waals surface area contributed by atoms with Crippen LogP contribution in [-0.4, -0.2) is 62.5 Å². The SMILES string of the molecule is CNCc1nc(N(C)C(C)C)cc2c1CN(c1cccc(-c3nnc4n3C(CO)CC4)n1)C2=O. The maximum absolute atomic E-state index is 13.5. The number of anilines is 2. The lowest BCUT2D eigenvalue weighted by molar-refractivity contribution is 0.0996. The number of hydrogen-bond acceptors (Lipinski definition) is 8. The molecule has 1 amide bonds. The fourth-order valence-electron chi connectivity index (χ4n) is 4.64. The maximum Gasteiger partial charge on any atom is 0.260 e. The molecule has 3 aromatic rings. The molecule has 0 spiro atoms. The highest BCUT2D eigenvalue weighted by Crippen LogP contribution is 2.34. The number of carbonyl (C=O) groups excluding carboxylic acids is 1. The normalized spacial score (nSPS) is 16.9. The summed E-state index contributed by atoms with van der Waals surface area (Å²) in [5.41, 5.74) is 3.10. The summed E-state index contributed by atoms with van der Waals surface area (Å²) in [6.07, 6.45) is 1.62. The minimum Gasteiger partial charge on any atom is -0.394 e. The van der Waals surface area contributed by atoms with E-state index in [0.29, 0.717) is 36.0 Å². The Labute approximate surface area is 198 Å². The van der Waals surface area contributed by atoms with Crippen molar-refractivity contribution in [2.24, 2.45) is 0 Å². The van der Waals surface area contributed by atoms with E-state index in [1.54, 1.807) is 4.90 Å². The highest BCUT2D eigenvalue weighted by Gasteiger charge is 2.34. The quantitative estimate of drug-likeness (QED) is 0.548. The van der Waals surface area contributed by atoms with Crippen LogP contribution in [-0.2, 0) is 19.5 Å². The van der Waals surface area contributed by atoms with Crippen molar-refractivity contribution >= 4 is 17.5 Å². The molecule has 1 atom stereocenters. The molecule has 2 N–H and O–H groups in total. The van der Waals surface area contributed by atoms with Gasteiger partial charge < -0.3 is 19.9 Å². The Kier molecular flexibility index (Phi) is 5.78. The first kappa shape index (κ1) is 22.4. The van der Waals surface area contributed by atoms with Crippen LogP contribution in [0.4, 0.5) is 11.6 Å². The van der Waals surface area contributed by atoms with Crippen LogP contribution < -0.4 is 15.1 Å². The predicted molar refractivity (Wildman–Crippen MR) is 129 cm³/mol. The van der Waals surface area contributed by atoms with Gasteiger partial charge in [-0.2, -0.15) is 0 Å². The van der Waals surface area contributed by atoms with E-state index in [2.05, 4.69) is 34.3 Å². The van der Waals surface area contributed by atoms with Gasteiger partial charge in [0.25, 0.3) is 5.91 Å². The zero-order chi connectivity index (χ0) is 24.0. The molecule has 1 unspecified atom stereocenters. The average molecular weight is 463 g/mol. The number of nitrogens with one attached hydrogen (secondary N) is 1. The number of aryl methyl sites for hydroxylation is 1.